The summed E-state index contributed by atoms with van der Waals surface area (Å²) in [5, 5.41) is 2.62. The second-order valence-electron chi connectivity index (χ2n) is 5.61. The predicted molar refractivity (Wildman–Crippen MR) is 73.8 cm³/mol. The van der Waals surface area contributed by atoms with Crippen LogP contribution in [0.5, 0.6) is 0 Å². The summed E-state index contributed by atoms with van der Waals surface area (Å²) in [7, 11) is 1.60. The number of nitrogens with zero attached hydrogens (tertiary/aromatic N) is 2. The molecule has 0 aromatic heterocycles. The van der Waals surface area contributed by atoms with Gasteiger partial charge in [-0.05, 0) is 25.7 Å². The Hall–Kier alpha value is -1.59. The van der Waals surface area contributed by atoms with Crippen LogP contribution in [0, 0.1) is 5.92 Å². The van der Waals surface area contributed by atoms with Gasteiger partial charge in [0.25, 0.3) is 0 Å². The zero-order chi connectivity index (χ0) is 14.7. The van der Waals surface area contributed by atoms with Gasteiger partial charge in [-0.2, -0.15) is 0 Å². The molecule has 0 saturated carbocycles. The summed E-state index contributed by atoms with van der Waals surface area (Å²) in [6.45, 7) is 3.41. The number of nitrogens with one attached hydrogen (secondary N) is 1. The fourth-order valence-corrected chi connectivity index (χ4v) is 3.17. The minimum Gasteiger partial charge on any atom is -0.357 e. The molecule has 0 aliphatic carbocycles. The Balaban J connectivity index is 2.02. The average molecular weight is 281 g/mol. The molecule has 6 heteroatoms. The smallest absolute Gasteiger partial charge is 0.242 e. The van der Waals surface area contributed by atoms with Gasteiger partial charge in [-0.1, -0.05) is 0 Å². The summed E-state index contributed by atoms with van der Waals surface area (Å²) in [6.07, 6.45) is 3.26. The minimum absolute atomic E-state index is 0.0202. The van der Waals surface area contributed by atoms with Crippen molar-refractivity contribution in [3.63, 3.8) is 0 Å². The molecule has 3 amide bonds. The van der Waals surface area contributed by atoms with Crippen LogP contribution in [0.15, 0.2) is 0 Å². The molecule has 0 aromatic carbocycles. The topological polar surface area (TPSA) is 69.7 Å². The van der Waals surface area contributed by atoms with Gasteiger partial charge in [0.05, 0.1) is 5.92 Å². The SMILES string of the molecule is CNC(=O)C1CCCN1C(=O)C1CCCN(C(C)=O)C1. The third kappa shape index (κ3) is 2.94. The zero-order valence-electron chi connectivity index (χ0n) is 12.2. The molecule has 2 rings (SSSR count). The van der Waals surface area contributed by atoms with Crippen molar-refractivity contribution in [2.75, 3.05) is 26.7 Å². The van der Waals surface area contributed by atoms with E-state index < -0.39 is 0 Å². The lowest BCUT2D eigenvalue weighted by Crippen LogP contribution is -2.50. The first-order valence-electron chi connectivity index (χ1n) is 7.32. The first-order valence-corrected chi connectivity index (χ1v) is 7.32. The second-order valence-corrected chi connectivity index (χ2v) is 5.61. The molecule has 2 aliphatic heterocycles. The number of piperidine rings is 1. The Labute approximate surface area is 119 Å². The summed E-state index contributed by atoms with van der Waals surface area (Å²) in [5.74, 6) is -0.193. The van der Waals surface area contributed by atoms with Crippen molar-refractivity contribution in [1.29, 1.82) is 0 Å². The van der Waals surface area contributed by atoms with Gasteiger partial charge >= 0.3 is 0 Å². The van der Waals surface area contributed by atoms with E-state index in [9.17, 15) is 14.4 Å². The van der Waals surface area contributed by atoms with E-state index in [1.807, 2.05) is 0 Å². The molecule has 2 fully saturated rings. The molecular formula is C14H23N3O3. The highest BCUT2D eigenvalue weighted by atomic mass is 16.2. The average Bonchev–Trinajstić information content (AvgIpc) is 2.95. The van der Waals surface area contributed by atoms with Crippen LogP contribution in [0.2, 0.25) is 0 Å². The van der Waals surface area contributed by atoms with Crippen molar-refractivity contribution in [2.45, 2.75) is 38.6 Å². The molecule has 2 heterocycles. The first kappa shape index (κ1) is 14.8. The third-order valence-corrected chi connectivity index (χ3v) is 4.30. The Morgan fingerprint density at radius 1 is 1.10 bits per heavy atom. The molecule has 2 aliphatic rings. The summed E-state index contributed by atoms with van der Waals surface area (Å²) in [5.41, 5.74) is 0. The first-order chi connectivity index (χ1) is 9.54. The van der Waals surface area contributed by atoms with Crippen molar-refractivity contribution in [2.24, 2.45) is 5.92 Å². The molecule has 0 radical (unpaired) electrons. The molecule has 0 spiro atoms. The van der Waals surface area contributed by atoms with E-state index in [4.69, 9.17) is 0 Å². The van der Waals surface area contributed by atoms with Crippen LogP contribution in [0.4, 0.5) is 0 Å². The normalized spacial score (nSPS) is 26.5. The molecule has 20 heavy (non-hydrogen) atoms. The number of hydrogen-bond donors (Lipinski definition) is 1. The van der Waals surface area contributed by atoms with Gasteiger partial charge in [-0.15, -0.1) is 0 Å². The molecule has 0 aromatic rings. The number of hydrogen-bond acceptors (Lipinski definition) is 3. The van der Waals surface area contributed by atoms with Crippen molar-refractivity contribution in [3.05, 3.63) is 0 Å². The lowest BCUT2D eigenvalue weighted by molar-refractivity contribution is -0.144. The maximum absolute atomic E-state index is 12.6. The van der Waals surface area contributed by atoms with E-state index >= 15 is 0 Å². The summed E-state index contributed by atoms with van der Waals surface area (Å²) in [4.78, 5) is 39.3. The molecule has 6 nitrogen and oxygen atoms in total. The number of likely N-dealkylation sites (N-methyl/N-ethyl adjacent to an activating group) is 1. The fourth-order valence-electron chi connectivity index (χ4n) is 3.17. The number of amides is 3. The fraction of sp³-hybridized carbons (Fsp3) is 0.786. The largest absolute Gasteiger partial charge is 0.357 e. The van der Waals surface area contributed by atoms with E-state index in [0.29, 0.717) is 13.1 Å². The number of rotatable bonds is 2. The van der Waals surface area contributed by atoms with Gasteiger partial charge in [0, 0.05) is 33.6 Å². The van der Waals surface area contributed by atoms with Gasteiger partial charge in [-0.3, -0.25) is 14.4 Å². The van der Waals surface area contributed by atoms with E-state index in [1.54, 1.807) is 16.8 Å². The third-order valence-electron chi connectivity index (χ3n) is 4.30. The van der Waals surface area contributed by atoms with E-state index in [1.165, 1.54) is 6.92 Å². The highest BCUT2D eigenvalue weighted by molar-refractivity contribution is 5.89. The molecular weight excluding hydrogens is 258 g/mol. The van der Waals surface area contributed by atoms with Crippen molar-refractivity contribution < 1.29 is 14.4 Å². The van der Waals surface area contributed by atoms with E-state index in [0.717, 1.165) is 32.2 Å². The highest BCUT2D eigenvalue weighted by Crippen LogP contribution is 2.24. The van der Waals surface area contributed by atoms with Crippen molar-refractivity contribution in [1.82, 2.24) is 15.1 Å². The molecule has 2 saturated heterocycles. The lowest BCUT2D eigenvalue weighted by atomic mass is 9.96. The second kappa shape index (κ2) is 6.24. The van der Waals surface area contributed by atoms with Gasteiger partial charge in [0.1, 0.15) is 6.04 Å². The number of carbonyl (C=O) groups excluding carboxylic acids is 3. The van der Waals surface area contributed by atoms with Crippen LogP contribution in [-0.2, 0) is 14.4 Å². The predicted octanol–water partition coefficient (Wildman–Crippen LogP) is -0.0181. The van der Waals surface area contributed by atoms with Crippen molar-refractivity contribution >= 4 is 17.7 Å². The standard InChI is InChI=1S/C14H23N3O3/c1-10(18)16-7-3-5-11(9-16)14(20)17-8-4-6-12(17)13(19)15-2/h11-12H,3-9H2,1-2H3,(H,15,19). The minimum atomic E-state index is -0.333. The van der Waals surface area contributed by atoms with Crippen LogP contribution < -0.4 is 5.32 Å². The zero-order valence-corrected chi connectivity index (χ0v) is 12.2. The Bertz CT molecular complexity index is 410. The Kier molecular flexibility index (Phi) is 4.62. The van der Waals surface area contributed by atoms with Crippen molar-refractivity contribution in [3.8, 4) is 0 Å². The van der Waals surface area contributed by atoms with Crippen LogP contribution in [0.3, 0.4) is 0 Å². The van der Waals surface area contributed by atoms with E-state index in [2.05, 4.69) is 5.32 Å². The summed E-state index contributed by atoms with van der Waals surface area (Å²) < 4.78 is 0. The molecule has 112 valence electrons. The van der Waals surface area contributed by atoms with Gasteiger partial charge < -0.3 is 15.1 Å². The Morgan fingerprint density at radius 2 is 1.80 bits per heavy atom. The molecule has 0 bridgehead atoms. The van der Waals surface area contributed by atoms with Crippen LogP contribution >= 0.6 is 0 Å². The summed E-state index contributed by atoms with van der Waals surface area (Å²) in [6, 6.07) is -0.333. The number of likely N-dealkylation sites (tertiary alicyclic amines) is 2. The van der Waals surface area contributed by atoms with Crippen LogP contribution in [-0.4, -0.2) is 60.2 Å². The molecule has 2 atom stereocenters. The number of carbonyl (C=O) groups is 3. The monoisotopic (exact) mass is 281 g/mol. The quantitative estimate of drug-likeness (QED) is 0.773. The maximum Gasteiger partial charge on any atom is 0.242 e. The molecule has 1 N–H and O–H groups in total. The lowest BCUT2D eigenvalue weighted by Gasteiger charge is -2.34. The Morgan fingerprint density at radius 3 is 2.45 bits per heavy atom. The van der Waals surface area contributed by atoms with Gasteiger partial charge in [0.15, 0.2) is 0 Å². The van der Waals surface area contributed by atoms with Gasteiger partial charge in [-0.25, -0.2) is 0 Å². The van der Waals surface area contributed by atoms with E-state index in [-0.39, 0.29) is 29.7 Å². The maximum atomic E-state index is 12.6. The van der Waals surface area contributed by atoms with Crippen LogP contribution in [0.25, 0.3) is 0 Å². The van der Waals surface area contributed by atoms with Crippen LogP contribution in [0.1, 0.15) is 32.6 Å². The van der Waals surface area contributed by atoms with Gasteiger partial charge in [0.2, 0.25) is 17.7 Å². The molecule has 2 unspecified atom stereocenters. The highest BCUT2D eigenvalue weighted by Gasteiger charge is 2.38. The summed E-state index contributed by atoms with van der Waals surface area (Å²) >= 11 is 0.